The van der Waals surface area contributed by atoms with E-state index in [4.69, 9.17) is 5.11 Å². The number of nitrogens with zero attached hydrogens (tertiary/aromatic N) is 2. The molecule has 2 rings (SSSR count). The molecule has 6 heteroatoms. The topological polar surface area (TPSA) is 65.5 Å². The molecule has 0 saturated carbocycles. The van der Waals surface area contributed by atoms with Gasteiger partial charge in [0.05, 0.1) is 18.5 Å². The van der Waals surface area contributed by atoms with Crippen LogP contribution in [0.5, 0.6) is 0 Å². The number of nitrogens with one attached hydrogen (secondary N) is 1. The van der Waals surface area contributed by atoms with Crippen molar-refractivity contribution in [2.75, 3.05) is 18.5 Å². The van der Waals surface area contributed by atoms with Gasteiger partial charge in [-0.2, -0.15) is 0 Å². The molecule has 0 aliphatic heterocycles. The molecule has 0 radical (unpaired) electrons. The average molecular weight is 289 g/mol. The van der Waals surface area contributed by atoms with Gasteiger partial charge in [0.15, 0.2) is 5.82 Å². The van der Waals surface area contributed by atoms with Crippen LogP contribution in [0.1, 0.15) is 5.56 Å². The molecule has 0 spiro atoms. The number of aliphatic hydroxyl groups is 1. The Bertz CT molecular complexity index is 592. The summed E-state index contributed by atoms with van der Waals surface area (Å²) in [5.41, 5.74) is 0.988. The molecule has 1 heterocycles. The number of benzene rings is 1. The fourth-order valence-corrected chi connectivity index (χ4v) is 1.85. The second-order valence-corrected chi connectivity index (χ2v) is 4.42. The van der Waals surface area contributed by atoms with Gasteiger partial charge >= 0.3 is 6.03 Å². The fourth-order valence-electron chi connectivity index (χ4n) is 1.85. The summed E-state index contributed by atoms with van der Waals surface area (Å²) in [7, 11) is 0. The summed E-state index contributed by atoms with van der Waals surface area (Å²) in [5, 5.41) is 11.6. The molecular formula is C15H16FN3O2. The highest BCUT2D eigenvalue weighted by molar-refractivity contribution is 5.89. The fraction of sp³-hybridized carbons (Fsp3) is 0.200. The summed E-state index contributed by atoms with van der Waals surface area (Å²) in [6.07, 6.45) is 2.43. The molecule has 0 unspecified atom stereocenters. The number of rotatable bonds is 5. The third-order valence-corrected chi connectivity index (χ3v) is 2.89. The SMILES string of the molecule is O=C(Nc1ccncc1F)N(CCO)Cc1ccccc1. The summed E-state index contributed by atoms with van der Waals surface area (Å²) in [4.78, 5) is 17.2. The smallest absolute Gasteiger partial charge is 0.322 e. The highest BCUT2D eigenvalue weighted by Crippen LogP contribution is 2.13. The number of urea groups is 1. The van der Waals surface area contributed by atoms with Gasteiger partial charge in [0.1, 0.15) is 0 Å². The summed E-state index contributed by atoms with van der Waals surface area (Å²) in [6, 6.07) is 10.3. The van der Waals surface area contributed by atoms with Crippen molar-refractivity contribution in [2.45, 2.75) is 6.54 Å². The van der Waals surface area contributed by atoms with E-state index < -0.39 is 11.8 Å². The van der Waals surface area contributed by atoms with Crippen molar-refractivity contribution in [1.82, 2.24) is 9.88 Å². The van der Waals surface area contributed by atoms with Gasteiger partial charge in [0, 0.05) is 19.3 Å². The highest BCUT2D eigenvalue weighted by Gasteiger charge is 2.15. The molecule has 0 aliphatic rings. The Kier molecular flexibility index (Phi) is 5.22. The molecule has 110 valence electrons. The summed E-state index contributed by atoms with van der Waals surface area (Å²) >= 11 is 0. The van der Waals surface area contributed by atoms with E-state index in [1.807, 2.05) is 30.3 Å². The van der Waals surface area contributed by atoms with Gasteiger partial charge in [-0.25, -0.2) is 9.18 Å². The zero-order valence-corrected chi connectivity index (χ0v) is 11.4. The van der Waals surface area contributed by atoms with Crippen LogP contribution in [0, 0.1) is 5.82 Å². The number of pyridine rings is 1. The molecule has 1 aromatic heterocycles. The minimum Gasteiger partial charge on any atom is -0.395 e. The lowest BCUT2D eigenvalue weighted by atomic mass is 10.2. The monoisotopic (exact) mass is 289 g/mol. The summed E-state index contributed by atoms with van der Waals surface area (Å²) in [6.45, 7) is 0.326. The van der Waals surface area contributed by atoms with E-state index in [9.17, 15) is 9.18 Å². The molecule has 0 aliphatic carbocycles. The maximum Gasteiger partial charge on any atom is 0.322 e. The van der Waals surface area contributed by atoms with Crippen LogP contribution in [0.15, 0.2) is 48.8 Å². The minimum absolute atomic E-state index is 0.0611. The number of halogens is 1. The van der Waals surface area contributed by atoms with E-state index in [0.29, 0.717) is 6.54 Å². The number of hydrogen-bond donors (Lipinski definition) is 2. The lowest BCUT2D eigenvalue weighted by Crippen LogP contribution is -2.36. The van der Waals surface area contributed by atoms with E-state index in [1.165, 1.54) is 17.2 Å². The molecule has 2 aromatic rings. The third-order valence-electron chi connectivity index (χ3n) is 2.89. The Morgan fingerprint density at radius 1 is 1.29 bits per heavy atom. The number of carbonyl (C=O) groups excluding carboxylic acids is 1. The van der Waals surface area contributed by atoms with Crippen LogP contribution in [-0.2, 0) is 6.54 Å². The van der Waals surface area contributed by atoms with Crippen LogP contribution < -0.4 is 5.32 Å². The van der Waals surface area contributed by atoms with Gasteiger partial charge in [0.2, 0.25) is 0 Å². The molecule has 21 heavy (non-hydrogen) atoms. The van der Waals surface area contributed by atoms with Gasteiger partial charge in [-0.05, 0) is 11.6 Å². The normalized spacial score (nSPS) is 10.2. The zero-order valence-electron chi connectivity index (χ0n) is 11.4. The number of hydrogen-bond acceptors (Lipinski definition) is 3. The Morgan fingerprint density at radius 3 is 2.71 bits per heavy atom. The molecule has 0 bridgehead atoms. The Labute approximate surface area is 122 Å². The minimum atomic E-state index is -0.602. The van der Waals surface area contributed by atoms with Gasteiger partial charge in [-0.1, -0.05) is 30.3 Å². The predicted octanol–water partition coefficient (Wildman–Crippen LogP) is 2.25. The molecule has 1 aromatic carbocycles. The van der Waals surface area contributed by atoms with Crippen molar-refractivity contribution in [3.63, 3.8) is 0 Å². The van der Waals surface area contributed by atoms with Crippen LogP contribution in [0.25, 0.3) is 0 Å². The maximum absolute atomic E-state index is 13.5. The van der Waals surface area contributed by atoms with Crippen molar-refractivity contribution in [3.8, 4) is 0 Å². The Morgan fingerprint density at radius 2 is 2.05 bits per heavy atom. The van der Waals surface area contributed by atoms with E-state index in [1.54, 1.807) is 0 Å². The van der Waals surface area contributed by atoms with Gasteiger partial charge in [0.25, 0.3) is 0 Å². The molecular weight excluding hydrogens is 273 g/mol. The van der Waals surface area contributed by atoms with Crippen LogP contribution in [0.4, 0.5) is 14.9 Å². The molecule has 5 nitrogen and oxygen atoms in total. The third kappa shape index (κ3) is 4.25. The predicted molar refractivity (Wildman–Crippen MR) is 77.2 cm³/mol. The van der Waals surface area contributed by atoms with E-state index in [-0.39, 0.29) is 18.8 Å². The van der Waals surface area contributed by atoms with Crippen molar-refractivity contribution < 1.29 is 14.3 Å². The number of aromatic nitrogens is 1. The number of aliphatic hydroxyl groups excluding tert-OH is 1. The largest absolute Gasteiger partial charge is 0.395 e. The molecule has 2 amide bonds. The zero-order chi connectivity index (χ0) is 15.1. The summed E-state index contributed by atoms with van der Waals surface area (Å²) < 4.78 is 13.5. The summed E-state index contributed by atoms with van der Waals surface area (Å²) in [5.74, 6) is -0.602. The van der Waals surface area contributed by atoms with Gasteiger partial charge < -0.3 is 15.3 Å². The standard InChI is InChI=1S/C15H16FN3O2/c16-13-10-17-7-6-14(13)18-15(21)19(8-9-20)11-12-4-2-1-3-5-12/h1-7,10,20H,8-9,11H2,(H,17,18,21). The van der Waals surface area contributed by atoms with E-state index >= 15 is 0 Å². The van der Waals surface area contributed by atoms with E-state index in [0.717, 1.165) is 11.8 Å². The average Bonchev–Trinajstić information content (AvgIpc) is 2.50. The first-order valence-corrected chi connectivity index (χ1v) is 6.51. The van der Waals surface area contributed by atoms with Gasteiger partial charge in [-0.3, -0.25) is 4.98 Å². The lowest BCUT2D eigenvalue weighted by molar-refractivity contribution is 0.185. The van der Waals surface area contributed by atoms with Crippen LogP contribution >= 0.6 is 0 Å². The van der Waals surface area contributed by atoms with Crippen LogP contribution in [-0.4, -0.2) is 34.2 Å². The Balaban J connectivity index is 2.07. The van der Waals surface area contributed by atoms with E-state index in [2.05, 4.69) is 10.3 Å². The number of carbonyl (C=O) groups is 1. The van der Waals surface area contributed by atoms with Crippen LogP contribution in [0.3, 0.4) is 0 Å². The highest BCUT2D eigenvalue weighted by atomic mass is 19.1. The second-order valence-electron chi connectivity index (χ2n) is 4.42. The lowest BCUT2D eigenvalue weighted by Gasteiger charge is -2.22. The first kappa shape index (κ1) is 14.9. The molecule has 0 saturated heterocycles. The van der Waals surface area contributed by atoms with Crippen molar-refractivity contribution in [3.05, 3.63) is 60.2 Å². The maximum atomic E-state index is 13.5. The molecule has 0 fully saturated rings. The number of amides is 2. The van der Waals surface area contributed by atoms with Crippen molar-refractivity contribution in [1.29, 1.82) is 0 Å². The number of anilines is 1. The van der Waals surface area contributed by atoms with Crippen molar-refractivity contribution >= 4 is 11.7 Å². The molecule has 2 N–H and O–H groups in total. The van der Waals surface area contributed by atoms with Crippen molar-refractivity contribution in [2.24, 2.45) is 0 Å². The Hall–Kier alpha value is -2.47. The first-order valence-electron chi connectivity index (χ1n) is 6.51. The molecule has 0 atom stereocenters. The first-order chi connectivity index (χ1) is 10.2. The second kappa shape index (κ2) is 7.35. The van der Waals surface area contributed by atoms with Gasteiger partial charge in [-0.15, -0.1) is 0 Å². The quantitative estimate of drug-likeness (QED) is 0.887. The van der Waals surface area contributed by atoms with Crippen LogP contribution in [0.2, 0.25) is 0 Å².